The average molecular weight is 285 g/mol. The van der Waals surface area contributed by atoms with Crippen molar-refractivity contribution >= 4 is 28.6 Å². The predicted molar refractivity (Wildman–Crippen MR) is 70.6 cm³/mol. The summed E-state index contributed by atoms with van der Waals surface area (Å²) in [7, 11) is 0. The first-order chi connectivity index (χ1) is 9.02. The van der Waals surface area contributed by atoms with Gasteiger partial charge in [-0.1, -0.05) is 0 Å². The summed E-state index contributed by atoms with van der Waals surface area (Å²) < 4.78 is 19.8. The van der Waals surface area contributed by atoms with Gasteiger partial charge in [-0.2, -0.15) is 0 Å². The van der Waals surface area contributed by atoms with Crippen LogP contribution in [-0.4, -0.2) is 22.1 Å². The summed E-state index contributed by atoms with van der Waals surface area (Å²) in [6, 6.07) is 4.23. The van der Waals surface area contributed by atoms with Crippen molar-refractivity contribution in [2.75, 3.05) is 6.61 Å². The van der Waals surface area contributed by atoms with Crippen LogP contribution >= 0.6 is 11.6 Å². The van der Waals surface area contributed by atoms with E-state index in [2.05, 4.69) is 4.98 Å². The first-order valence-electron chi connectivity index (χ1n) is 5.98. The second kappa shape index (κ2) is 5.57. The molecule has 1 aromatic carbocycles. The molecule has 1 atom stereocenters. The smallest absolute Gasteiger partial charge is 0.326 e. The fourth-order valence-corrected chi connectivity index (χ4v) is 2.09. The molecular formula is C13H14ClFN2O2. The summed E-state index contributed by atoms with van der Waals surface area (Å²) in [6.45, 7) is 3.75. The lowest BCUT2D eigenvalue weighted by Gasteiger charge is -2.09. The Morgan fingerprint density at radius 1 is 1.58 bits per heavy atom. The van der Waals surface area contributed by atoms with Crippen LogP contribution in [0.3, 0.4) is 0 Å². The quantitative estimate of drug-likeness (QED) is 0.640. The summed E-state index contributed by atoms with van der Waals surface area (Å²) >= 11 is 6.05. The summed E-state index contributed by atoms with van der Waals surface area (Å²) in [5, 5.41) is -0.384. The Bertz CT molecular complexity index is 610. The fourth-order valence-electron chi connectivity index (χ4n) is 1.92. The van der Waals surface area contributed by atoms with Crippen molar-refractivity contribution in [3.05, 3.63) is 29.8 Å². The number of carbonyl (C=O) groups excluding carboxylic acids is 1. The van der Waals surface area contributed by atoms with Crippen LogP contribution < -0.4 is 0 Å². The highest BCUT2D eigenvalue weighted by Gasteiger charge is 2.18. The molecule has 6 heteroatoms. The van der Waals surface area contributed by atoms with E-state index in [-0.39, 0.29) is 17.7 Å². The van der Waals surface area contributed by atoms with Gasteiger partial charge in [-0.25, -0.2) is 9.37 Å². The third kappa shape index (κ3) is 2.87. The molecule has 0 amide bonds. The Balaban J connectivity index is 2.50. The lowest BCUT2D eigenvalue weighted by Crippen LogP contribution is -2.15. The zero-order valence-corrected chi connectivity index (χ0v) is 11.4. The van der Waals surface area contributed by atoms with Gasteiger partial charge in [0.15, 0.2) is 0 Å². The second-order valence-corrected chi connectivity index (χ2v) is 4.76. The molecule has 1 unspecified atom stereocenters. The molecule has 0 bridgehead atoms. The molecule has 1 aromatic heterocycles. The number of fused-ring (bicyclic) bond motifs is 1. The van der Waals surface area contributed by atoms with E-state index in [1.165, 1.54) is 12.1 Å². The van der Waals surface area contributed by atoms with Gasteiger partial charge in [0.1, 0.15) is 18.2 Å². The van der Waals surface area contributed by atoms with Gasteiger partial charge in [0.2, 0.25) is 0 Å². The highest BCUT2D eigenvalue weighted by molar-refractivity contribution is 6.20. The monoisotopic (exact) mass is 284 g/mol. The van der Waals surface area contributed by atoms with Crippen LogP contribution in [0.15, 0.2) is 18.2 Å². The van der Waals surface area contributed by atoms with E-state index in [9.17, 15) is 9.18 Å². The lowest BCUT2D eigenvalue weighted by molar-refractivity contribution is -0.143. The molecule has 102 valence electrons. The Morgan fingerprint density at radius 3 is 2.95 bits per heavy atom. The molecule has 2 aromatic rings. The third-order valence-electron chi connectivity index (χ3n) is 2.69. The average Bonchev–Trinajstić information content (AvgIpc) is 2.68. The molecule has 1 heterocycles. The maximum absolute atomic E-state index is 13.3. The number of esters is 1. The van der Waals surface area contributed by atoms with Crippen molar-refractivity contribution in [1.29, 1.82) is 0 Å². The number of nitrogens with zero attached hydrogens (tertiary/aromatic N) is 2. The predicted octanol–water partition coefficient (Wildman–Crippen LogP) is 3.04. The van der Waals surface area contributed by atoms with Gasteiger partial charge in [-0.3, -0.25) is 4.79 Å². The molecule has 0 aliphatic rings. The minimum atomic E-state index is -0.398. The van der Waals surface area contributed by atoms with Crippen molar-refractivity contribution in [3.63, 3.8) is 0 Å². The molecule has 4 nitrogen and oxygen atoms in total. The lowest BCUT2D eigenvalue weighted by atomic mass is 10.3. The first-order valence-corrected chi connectivity index (χ1v) is 6.42. The fraction of sp³-hybridized carbons (Fsp3) is 0.385. The largest absolute Gasteiger partial charge is 0.465 e. The topological polar surface area (TPSA) is 44.1 Å². The molecule has 0 aliphatic heterocycles. The molecule has 19 heavy (non-hydrogen) atoms. The zero-order chi connectivity index (χ0) is 14.0. The van der Waals surface area contributed by atoms with Gasteiger partial charge in [0.25, 0.3) is 0 Å². The van der Waals surface area contributed by atoms with Crippen molar-refractivity contribution in [3.8, 4) is 0 Å². The van der Waals surface area contributed by atoms with Crippen LogP contribution in [0.25, 0.3) is 11.0 Å². The summed E-state index contributed by atoms with van der Waals surface area (Å²) in [6.07, 6.45) is 0. The minimum Gasteiger partial charge on any atom is -0.465 e. The number of hydrogen-bond acceptors (Lipinski definition) is 3. The van der Waals surface area contributed by atoms with E-state index in [0.29, 0.717) is 23.5 Å². The molecule has 0 radical (unpaired) electrons. The van der Waals surface area contributed by atoms with Crippen LogP contribution in [0, 0.1) is 5.82 Å². The highest BCUT2D eigenvalue weighted by atomic mass is 35.5. The standard InChI is InChI=1S/C13H14ClFN2O2/c1-3-19-12(18)7-17-11-6-9(15)4-5-10(11)16-13(17)8(2)14/h4-6,8H,3,7H2,1-2H3. The molecule has 0 aliphatic carbocycles. The van der Waals surface area contributed by atoms with E-state index >= 15 is 0 Å². The number of hydrogen-bond donors (Lipinski definition) is 0. The number of ether oxygens (including phenoxy) is 1. The summed E-state index contributed by atoms with van der Waals surface area (Å²) in [5.41, 5.74) is 1.14. The Labute approximate surface area is 115 Å². The van der Waals surface area contributed by atoms with Crippen LogP contribution in [0.1, 0.15) is 25.0 Å². The number of imidazole rings is 1. The van der Waals surface area contributed by atoms with Gasteiger partial charge in [0.05, 0.1) is 23.0 Å². The zero-order valence-electron chi connectivity index (χ0n) is 10.7. The second-order valence-electron chi connectivity index (χ2n) is 4.11. The normalized spacial score (nSPS) is 12.6. The van der Waals surface area contributed by atoms with Gasteiger partial charge in [0, 0.05) is 0 Å². The SMILES string of the molecule is CCOC(=O)Cn1c(C(C)Cl)nc2ccc(F)cc21. The van der Waals surface area contributed by atoms with Crippen molar-refractivity contribution < 1.29 is 13.9 Å². The van der Waals surface area contributed by atoms with Gasteiger partial charge in [-0.05, 0) is 32.0 Å². The van der Waals surface area contributed by atoms with E-state index in [4.69, 9.17) is 16.3 Å². The summed E-state index contributed by atoms with van der Waals surface area (Å²) in [5.74, 6) is -0.258. The van der Waals surface area contributed by atoms with E-state index in [1.807, 2.05) is 0 Å². The molecule has 0 spiro atoms. The first kappa shape index (κ1) is 13.8. The Kier molecular flexibility index (Phi) is 4.04. The number of carbonyl (C=O) groups is 1. The number of halogens is 2. The maximum atomic E-state index is 13.3. The molecule has 0 saturated heterocycles. The van der Waals surface area contributed by atoms with Crippen molar-refractivity contribution in [1.82, 2.24) is 9.55 Å². The molecule has 2 rings (SSSR count). The van der Waals surface area contributed by atoms with Crippen molar-refractivity contribution in [2.24, 2.45) is 0 Å². The van der Waals surface area contributed by atoms with Crippen LogP contribution in [0.5, 0.6) is 0 Å². The molecule has 0 N–H and O–H groups in total. The van der Waals surface area contributed by atoms with Crippen LogP contribution in [0.4, 0.5) is 4.39 Å². The number of alkyl halides is 1. The van der Waals surface area contributed by atoms with Gasteiger partial charge in [-0.15, -0.1) is 11.6 Å². The number of aromatic nitrogens is 2. The molecule has 0 saturated carbocycles. The van der Waals surface area contributed by atoms with E-state index in [0.717, 1.165) is 0 Å². The molecular weight excluding hydrogens is 271 g/mol. The van der Waals surface area contributed by atoms with Gasteiger partial charge < -0.3 is 9.30 Å². The summed E-state index contributed by atoms with van der Waals surface area (Å²) in [4.78, 5) is 15.9. The Hall–Kier alpha value is -1.62. The Morgan fingerprint density at radius 2 is 2.32 bits per heavy atom. The number of benzene rings is 1. The number of rotatable bonds is 4. The van der Waals surface area contributed by atoms with Crippen LogP contribution in [0.2, 0.25) is 0 Å². The minimum absolute atomic E-state index is 0.0276. The van der Waals surface area contributed by atoms with Gasteiger partial charge >= 0.3 is 5.97 Å². The van der Waals surface area contributed by atoms with E-state index in [1.54, 1.807) is 24.5 Å². The highest BCUT2D eigenvalue weighted by Crippen LogP contribution is 2.25. The third-order valence-corrected chi connectivity index (χ3v) is 2.88. The van der Waals surface area contributed by atoms with Crippen molar-refractivity contribution in [2.45, 2.75) is 25.8 Å². The van der Waals surface area contributed by atoms with E-state index < -0.39 is 5.97 Å². The maximum Gasteiger partial charge on any atom is 0.326 e. The molecule has 0 fully saturated rings. The van der Waals surface area contributed by atoms with Crippen LogP contribution in [-0.2, 0) is 16.1 Å².